The first-order valence-electron chi connectivity index (χ1n) is 3.66. The molecule has 0 aromatic heterocycles. The fourth-order valence-electron chi connectivity index (χ4n) is 0.798. The van der Waals surface area contributed by atoms with Crippen molar-refractivity contribution in [3.8, 4) is 5.75 Å². The van der Waals surface area contributed by atoms with Crippen molar-refractivity contribution >= 4 is 12.6 Å². The van der Waals surface area contributed by atoms with Crippen LogP contribution in [0.25, 0.3) is 0 Å². The maximum atomic E-state index is 10.3. The summed E-state index contributed by atoms with van der Waals surface area (Å²) in [6.07, 6.45) is 1.67. The van der Waals surface area contributed by atoms with Gasteiger partial charge in [0.1, 0.15) is 0 Å². The van der Waals surface area contributed by atoms with E-state index in [0.717, 1.165) is 12.9 Å². The van der Waals surface area contributed by atoms with Gasteiger partial charge in [0.25, 0.3) is 0 Å². The molecule has 0 saturated carbocycles. The molecule has 0 N–H and O–H groups in total. The number of hydrogen-bond acceptors (Lipinski definition) is 2. The van der Waals surface area contributed by atoms with Crippen molar-refractivity contribution < 1.29 is 9.44 Å². The third-order valence-corrected chi connectivity index (χ3v) is 1.38. The van der Waals surface area contributed by atoms with E-state index in [1.807, 2.05) is 0 Å². The van der Waals surface area contributed by atoms with Crippen LogP contribution in [0.2, 0.25) is 0 Å². The maximum absolute atomic E-state index is 10.3. The van der Waals surface area contributed by atoms with Crippen LogP contribution < -0.4 is 10.2 Å². The minimum atomic E-state index is 0.487. The van der Waals surface area contributed by atoms with Crippen LogP contribution in [0.4, 0.5) is 0 Å². The van der Waals surface area contributed by atoms with Gasteiger partial charge in [-0.05, 0) is 0 Å². The van der Waals surface area contributed by atoms with E-state index in [-0.39, 0.29) is 0 Å². The Bertz CT molecular complexity index is 266. The molecular formula is C9H9BO2. The first-order valence-corrected chi connectivity index (χ1v) is 3.66. The van der Waals surface area contributed by atoms with Crippen molar-refractivity contribution in [2.75, 3.05) is 6.61 Å². The second-order valence-electron chi connectivity index (χ2n) is 2.29. The van der Waals surface area contributed by atoms with Crippen LogP contribution in [-0.2, 0) is 4.70 Å². The summed E-state index contributed by atoms with van der Waals surface area (Å²) in [4.78, 5) is 0. The molecule has 0 heterocycles. The molecule has 0 unspecified atom stereocenters. The zero-order chi connectivity index (χ0) is 8.81. The van der Waals surface area contributed by atoms with Crippen LogP contribution in [0.3, 0.4) is 0 Å². The molecule has 0 aliphatic carbocycles. The van der Waals surface area contributed by atoms with Crippen molar-refractivity contribution in [1.82, 2.24) is 0 Å². The molecule has 0 spiro atoms. The third kappa shape index (κ3) is 2.34. The summed E-state index contributed by atoms with van der Waals surface area (Å²) >= 11 is 0. The van der Waals surface area contributed by atoms with E-state index in [2.05, 4.69) is 6.58 Å². The summed E-state index contributed by atoms with van der Waals surface area (Å²) in [5.74, 6) is 0.750. The Hall–Kier alpha value is -1.38. The van der Waals surface area contributed by atoms with Gasteiger partial charge >= 0.3 is 71.3 Å². The molecule has 2 nitrogen and oxygen atoms in total. The molecule has 60 valence electrons. The molecule has 0 aliphatic rings. The average Bonchev–Trinajstić information content (AvgIpc) is 2.15. The van der Waals surface area contributed by atoms with Crippen LogP contribution in [0, 0.1) is 0 Å². The molecule has 1 aromatic rings. The molecule has 0 aliphatic heterocycles. The molecule has 0 fully saturated rings. The zero-order valence-electron chi connectivity index (χ0n) is 6.69. The van der Waals surface area contributed by atoms with Gasteiger partial charge in [0, 0.05) is 0 Å². The zero-order valence-corrected chi connectivity index (χ0v) is 6.69. The van der Waals surface area contributed by atoms with Crippen molar-refractivity contribution in [2.45, 2.75) is 0 Å². The Morgan fingerprint density at radius 3 is 2.58 bits per heavy atom. The predicted octanol–water partition coefficient (Wildman–Crippen LogP) is 0.926. The number of benzene rings is 1. The molecule has 0 saturated heterocycles. The molecule has 3 heteroatoms. The van der Waals surface area contributed by atoms with Gasteiger partial charge in [-0.2, -0.15) is 0 Å². The standard InChI is InChI=1S/C9H9BO2/c1-2-7-12-9-5-3-8(10-11)4-6-9/h2-6H,1,7H2. The molecule has 0 bridgehead atoms. The van der Waals surface area contributed by atoms with Gasteiger partial charge in [-0.25, -0.2) is 0 Å². The molecule has 12 heavy (non-hydrogen) atoms. The van der Waals surface area contributed by atoms with E-state index in [4.69, 9.17) is 4.74 Å². The molecular weight excluding hydrogens is 151 g/mol. The van der Waals surface area contributed by atoms with Gasteiger partial charge in [-0.1, -0.05) is 0 Å². The van der Waals surface area contributed by atoms with E-state index >= 15 is 0 Å². The second kappa shape index (κ2) is 4.49. The van der Waals surface area contributed by atoms with Crippen LogP contribution in [0.1, 0.15) is 0 Å². The predicted molar refractivity (Wildman–Crippen MR) is 48.2 cm³/mol. The Morgan fingerprint density at radius 2 is 2.08 bits per heavy atom. The molecule has 0 amide bonds. The number of rotatable bonds is 4. The molecule has 0 radical (unpaired) electrons. The second-order valence-corrected chi connectivity index (χ2v) is 2.29. The summed E-state index contributed by atoms with van der Waals surface area (Å²) in [5, 5.41) is 0. The minimum absolute atomic E-state index is 0.487. The quantitative estimate of drug-likeness (QED) is 0.483. The van der Waals surface area contributed by atoms with Crippen LogP contribution in [0.5, 0.6) is 5.75 Å². The monoisotopic (exact) mass is 160 g/mol. The van der Waals surface area contributed by atoms with Crippen molar-refractivity contribution in [2.24, 2.45) is 0 Å². The van der Waals surface area contributed by atoms with Gasteiger partial charge in [-0.3, -0.25) is 0 Å². The van der Waals surface area contributed by atoms with Crippen LogP contribution >= 0.6 is 0 Å². The van der Waals surface area contributed by atoms with Gasteiger partial charge in [0.15, 0.2) is 0 Å². The SMILES string of the molecule is C=CCOc1ccc(B=O)cc1. The van der Waals surface area contributed by atoms with Crippen molar-refractivity contribution in [3.05, 3.63) is 36.9 Å². The van der Waals surface area contributed by atoms with E-state index in [9.17, 15) is 4.70 Å². The summed E-state index contributed by atoms with van der Waals surface area (Å²) in [7, 11) is 0.803. The Morgan fingerprint density at radius 1 is 1.42 bits per heavy atom. The fourth-order valence-corrected chi connectivity index (χ4v) is 0.798. The average molecular weight is 160 g/mol. The van der Waals surface area contributed by atoms with Crippen LogP contribution in [-0.4, -0.2) is 13.8 Å². The first kappa shape index (κ1) is 8.72. The molecule has 1 rings (SSSR count). The fraction of sp³-hybridized carbons (Fsp3) is 0.111. The van der Waals surface area contributed by atoms with Gasteiger partial charge < -0.3 is 0 Å². The van der Waals surface area contributed by atoms with Gasteiger partial charge in [0.2, 0.25) is 0 Å². The number of ether oxygens (including phenoxy) is 1. The van der Waals surface area contributed by atoms with E-state index in [0.29, 0.717) is 12.1 Å². The van der Waals surface area contributed by atoms with Gasteiger partial charge in [0.05, 0.1) is 0 Å². The van der Waals surface area contributed by atoms with E-state index < -0.39 is 0 Å². The topological polar surface area (TPSA) is 26.3 Å². The molecule has 0 atom stereocenters. The number of hydrogen-bond donors (Lipinski definition) is 0. The summed E-state index contributed by atoms with van der Waals surface area (Å²) in [5.41, 5.74) is 0.654. The van der Waals surface area contributed by atoms with Gasteiger partial charge in [-0.15, -0.1) is 0 Å². The van der Waals surface area contributed by atoms with Crippen molar-refractivity contribution in [3.63, 3.8) is 0 Å². The van der Waals surface area contributed by atoms with Crippen LogP contribution in [0.15, 0.2) is 36.9 Å². The summed E-state index contributed by atoms with van der Waals surface area (Å²) < 4.78 is 15.5. The van der Waals surface area contributed by atoms with E-state index in [1.54, 1.807) is 30.3 Å². The third-order valence-electron chi connectivity index (χ3n) is 1.38. The Labute approximate surface area is 72.1 Å². The molecule has 1 aromatic carbocycles. The first-order chi connectivity index (χ1) is 5.86. The Balaban J connectivity index is 2.64. The summed E-state index contributed by atoms with van der Waals surface area (Å²) in [6.45, 7) is 4.01. The van der Waals surface area contributed by atoms with Crippen molar-refractivity contribution in [1.29, 1.82) is 0 Å². The Kier molecular flexibility index (Phi) is 3.26. The summed E-state index contributed by atoms with van der Waals surface area (Å²) in [6, 6.07) is 6.94. The van der Waals surface area contributed by atoms with E-state index in [1.165, 1.54) is 0 Å². The normalized spacial score (nSPS) is 8.67.